The van der Waals surface area contributed by atoms with Gasteiger partial charge in [-0.15, -0.1) is 0 Å². The maximum Gasteiger partial charge on any atom is 0.0578 e. The van der Waals surface area contributed by atoms with Crippen molar-refractivity contribution in [3.05, 3.63) is 21.8 Å². The lowest BCUT2D eigenvalue weighted by Crippen LogP contribution is -2.26. The van der Waals surface area contributed by atoms with Crippen LogP contribution in [0.3, 0.4) is 0 Å². The van der Waals surface area contributed by atoms with E-state index in [0.717, 1.165) is 14.9 Å². The normalized spacial score (nSPS) is 11.4. The van der Waals surface area contributed by atoms with E-state index in [9.17, 15) is 0 Å². The van der Waals surface area contributed by atoms with Crippen molar-refractivity contribution in [3.63, 3.8) is 0 Å². The molecule has 3 heteroatoms. The Hall–Kier alpha value is -0.450. The van der Waals surface area contributed by atoms with Crippen molar-refractivity contribution < 1.29 is 0 Å². The van der Waals surface area contributed by atoms with Crippen molar-refractivity contribution in [2.24, 2.45) is 0 Å². The first-order valence-electron chi connectivity index (χ1n) is 4.22. The minimum absolute atomic E-state index is 0.0565. The molecule has 0 fully saturated rings. The first kappa shape index (κ1) is 10.6. The number of hydrogen-bond acceptors (Lipinski definition) is 2. The number of nitrogens with two attached hydrogens (primary N) is 1. The lowest BCUT2D eigenvalue weighted by atomic mass is 10.1. The minimum Gasteiger partial charge on any atom is -0.397 e. The molecule has 0 unspecified atom stereocenters. The minimum atomic E-state index is 0.0565. The number of hydrogen-bond donors (Lipinski definition) is 2. The number of nitrogen functional groups attached to an aromatic ring is 1. The largest absolute Gasteiger partial charge is 0.397 e. The molecule has 1 aromatic rings. The lowest BCUT2D eigenvalue weighted by molar-refractivity contribution is 0.634. The van der Waals surface area contributed by atoms with E-state index in [0.29, 0.717) is 0 Å². The SMILES string of the molecule is CC(C)(C)Nc1ccc(I)cc1N. The molecule has 0 heterocycles. The third-order valence-corrected chi connectivity index (χ3v) is 2.19. The highest BCUT2D eigenvalue weighted by Crippen LogP contribution is 2.23. The molecule has 1 aromatic carbocycles. The van der Waals surface area contributed by atoms with Crippen molar-refractivity contribution in [3.8, 4) is 0 Å². The average molecular weight is 290 g/mol. The first-order chi connectivity index (χ1) is 5.88. The van der Waals surface area contributed by atoms with Gasteiger partial charge in [0.1, 0.15) is 0 Å². The Morgan fingerprint density at radius 3 is 2.38 bits per heavy atom. The molecule has 0 aliphatic heterocycles. The molecule has 0 aliphatic carbocycles. The standard InChI is InChI=1S/C10H15IN2/c1-10(2,3)13-9-5-4-7(11)6-8(9)12/h4-6,13H,12H2,1-3H3. The first-order valence-corrected chi connectivity index (χ1v) is 5.29. The monoisotopic (exact) mass is 290 g/mol. The van der Waals surface area contributed by atoms with Gasteiger partial charge in [0.25, 0.3) is 0 Å². The highest BCUT2D eigenvalue weighted by molar-refractivity contribution is 14.1. The fraction of sp³-hybridized carbons (Fsp3) is 0.400. The van der Waals surface area contributed by atoms with Crippen molar-refractivity contribution in [1.82, 2.24) is 0 Å². The lowest BCUT2D eigenvalue weighted by Gasteiger charge is -2.23. The number of nitrogens with one attached hydrogen (secondary N) is 1. The van der Waals surface area contributed by atoms with Gasteiger partial charge in [-0.05, 0) is 61.6 Å². The molecule has 0 saturated heterocycles. The van der Waals surface area contributed by atoms with Crippen molar-refractivity contribution in [1.29, 1.82) is 0 Å². The van der Waals surface area contributed by atoms with E-state index in [1.165, 1.54) is 0 Å². The summed E-state index contributed by atoms with van der Waals surface area (Å²) in [5.41, 5.74) is 7.73. The summed E-state index contributed by atoms with van der Waals surface area (Å²) < 4.78 is 1.16. The Kier molecular flexibility index (Phi) is 3.05. The molecular weight excluding hydrogens is 275 g/mol. The zero-order valence-electron chi connectivity index (χ0n) is 8.19. The van der Waals surface area contributed by atoms with Gasteiger partial charge in [0.15, 0.2) is 0 Å². The van der Waals surface area contributed by atoms with Crippen molar-refractivity contribution in [2.75, 3.05) is 11.1 Å². The van der Waals surface area contributed by atoms with E-state index in [1.54, 1.807) is 0 Å². The van der Waals surface area contributed by atoms with Crippen LogP contribution in [-0.2, 0) is 0 Å². The van der Waals surface area contributed by atoms with Gasteiger partial charge in [-0.3, -0.25) is 0 Å². The van der Waals surface area contributed by atoms with Crippen LogP contribution in [0.2, 0.25) is 0 Å². The average Bonchev–Trinajstić information content (AvgIpc) is 1.93. The third kappa shape index (κ3) is 3.42. The molecule has 0 aromatic heterocycles. The van der Waals surface area contributed by atoms with Gasteiger partial charge in [0, 0.05) is 9.11 Å². The quantitative estimate of drug-likeness (QED) is 0.616. The molecule has 0 bridgehead atoms. The van der Waals surface area contributed by atoms with Crippen LogP contribution in [0.5, 0.6) is 0 Å². The maximum absolute atomic E-state index is 5.86. The third-order valence-electron chi connectivity index (χ3n) is 1.52. The summed E-state index contributed by atoms with van der Waals surface area (Å²) >= 11 is 2.25. The molecule has 2 nitrogen and oxygen atoms in total. The highest BCUT2D eigenvalue weighted by Gasteiger charge is 2.10. The van der Waals surface area contributed by atoms with Crippen LogP contribution in [0.15, 0.2) is 18.2 Å². The number of rotatable bonds is 1. The summed E-state index contributed by atoms with van der Waals surface area (Å²) in [6.45, 7) is 6.35. The Labute approximate surface area is 93.0 Å². The summed E-state index contributed by atoms with van der Waals surface area (Å²) in [7, 11) is 0. The molecule has 0 aliphatic rings. The van der Waals surface area contributed by atoms with Crippen LogP contribution in [0.1, 0.15) is 20.8 Å². The Morgan fingerprint density at radius 2 is 1.92 bits per heavy atom. The Balaban J connectivity index is 2.90. The predicted octanol–water partition coefficient (Wildman–Crippen LogP) is 3.08. The van der Waals surface area contributed by atoms with E-state index < -0.39 is 0 Å². The van der Waals surface area contributed by atoms with E-state index in [1.807, 2.05) is 18.2 Å². The topological polar surface area (TPSA) is 38.0 Å². The van der Waals surface area contributed by atoms with E-state index >= 15 is 0 Å². The van der Waals surface area contributed by atoms with E-state index in [4.69, 9.17) is 5.73 Å². The molecule has 3 N–H and O–H groups in total. The van der Waals surface area contributed by atoms with Crippen LogP contribution >= 0.6 is 22.6 Å². The predicted molar refractivity (Wildman–Crippen MR) is 66.9 cm³/mol. The zero-order chi connectivity index (χ0) is 10.1. The summed E-state index contributed by atoms with van der Waals surface area (Å²) in [4.78, 5) is 0. The molecule has 1 rings (SSSR count). The van der Waals surface area contributed by atoms with E-state index in [-0.39, 0.29) is 5.54 Å². The molecular formula is C10H15IN2. The summed E-state index contributed by atoms with van der Waals surface area (Å²) in [5.74, 6) is 0. The van der Waals surface area contributed by atoms with Crippen LogP contribution in [0, 0.1) is 3.57 Å². The zero-order valence-corrected chi connectivity index (χ0v) is 10.3. The second-order valence-corrected chi connectivity index (χ2v) is 5.35. The summed E-state index contributed by atoms with van der Waals surface area (Å²) in [5, 5.41) is 3.35. The van der Waals surface area contributed by atoms with Crippen LogP contribution in [0.4, 0.5) is 11.4 Å². The molecule has 0 saturated carbocycles. The van der Waals surface area contributed by atoms with Crippen LogP contribution in [0.25, 0.3) is 0 Å². The van der Waals surface area contributed by atoms with Gasteiger partial charge < -0.3 is 11.1 Å². The van der Waals surface area contributed by atoms with Gasteiger partial charge in [-0.2, -0.15) is 0 Å². The molecule has 0 radical (unpaired) electrons. The van der Waals surface area contributed by atoms with Gasteiger partial charge in [-0.1, -0.05) is 0 Å². The molecule has 72 valence electrons. The second-order valence-electron chi connectivity index (χ2n) is 4.11. The maximum atomic E-state index is 5.86. The number of benzene rings is 1. The van der Waals surface area contributed by atoms with E-state index in [2.05, 4.69) is 48.7 Å². The number of halogens is 1. The number of anilines is 2. The Morgan fingerprint density at radius 1 is 1.31 bits per heavy atom. The van der Waals surface area contributed by atoms with Crippen LogP contribution in [-0.4, -0.2) is 5.54 Å². The fourth-order valence-electron chi connectivity index (χ4n) is 1.05. The summed E-state index contributed by atoms with van der Waals surface area (Å²) in [6, 6.07) is 6.03. The van der Waals surface area contributed by atoms with Crippen LogP contribution < -0.4 is 11.1 Å². The fourth-order valence-corrected chi connectivity index (χ4v) is 1.57. The van der Waals surface area contributed by atoms with Gasteiger partial charge in [0.05, 0.1) is 11.4 Å². The second kappa shape index (κ2) is 3.74. The van der Waals surface area contributed by atoms with Gasteiger partial charge in [0.2, 0.25) is 0 Å². The Bertz CT molecular complexity index is 302. The smallest absolute Gasteiger partial charge is 0.0578 e. The van der Waals surface area contributed by atoms with Gasteiger partial charge >= 0.3 is 0 Å². The molecule has 0 spiro atoms. The summed E-state index contributed by atoms with van der Waals surface area (Å²) in [6.07, 6.45) is 0. The van der Waals surface area contributed by atoms with Crippen molar-refractivity contribution >= 4 is 34.0 Å². The molecule has 13 heavy (non-hydrogen) atoms. The van der Waals surface area contributed by atoms with Gasteiger partial charge in [-0.25, -0.2) is 0 Å². The van der Waals surface area contributed by atoms with Crippen molar-refractivity contribution in [2.45, 2.75) is 26.3 Å². The molecule has 0 amide bonds. The highest BCUT2D eigenvalue weighted by atomic mass is 127. The molecule has 0 atom stereocenters.